The van der Waals surface area contributed by atoms with E-state index in [1.54, 1.807) is 13.3 Å². The molecule has 37 heavy (non-hydrogen) atoms. The molecule has 6 bridgehead atoms. The zero-order valence-electron chi connectivity index (χ0n) is 21.5. The highest BCUT2D eigenvalue weighted by Crippen LogP contribution is 2.29. The summed E-state index contributed by atoms with van der Waals surface area (Å²) in [5, 5.41) is 3.42. The van der Waals surface area contributed by atoms with Crippen LogP contribution >= 0.6 is 0 Å². The van der Waals surface area contributed by atoms with E-state index in [0.29, 0.717) is 39.0 Å². The molecule has 1 aromatic heterocycles. The number of anilines is 1. The first-order valence-corrected chi connectivity index (χ1v) is 13.1. The van der Waals surface area contributed by atoms with Gasteiger partial charge >= 0.3 is 0 Å². The Bertz CT molecular complexity index is 1140. The number of hydrogen-bond donors (Lipinski definition) is 1. The molecule has 1 fully saturated rings. The van der Waals surface area contributed by atoms with Crippen LogP contribution in [0.3, 0.4) is 0 Å². The summed E-state index contributed by atoms with van der Waals surface area (Å²) in [7, 11) is 1.67. The second-order valence-corrected chi connectivity index (χ2v) is 9.50. The number of methoxy groups -OCH3 is 1. The topological polar surface area (TPSA) is 78.0 Å². The number of aromatic nitrogens is 2. The largest absolute Gasteiger partial charge is 0.496 e. The number of likely N-dealkylation sites (tertiary alicyclic amines) is 1. The Kier molecular flexibility index (Phi) is 8.84. The van der Waals surface area contributed by atoms with Crippen LogP contribution in [-0.4, -0.2) is 68.0 Å². The number of benzene rings is 1. The van der Waals surface area contributed by atoms with Crippen LogP contribution in [0.15, 0.2) is 66.2 Å². The summed E-state index contributed by atoms with van der Waals surface area (Å²) in [6.07, 6.45) is 13.3. The van der Waals surface area contributed by atoms with Crippen molar-refractivity contribution in [1.82, 2.24) is 14.9 Å². The molecule has 8 nitrogen and oxygen atoms in total. The highest BCUT2D eigenvalue weighted by molar-refractivity contribution is 5.63. The van der Waals surface area contributed by atoms with Crippen LogP contribution in [-0.2, 0) is 20.8 Å². The average molecular weight is 505 g/mol. The van der Waals surface area contributed by atoms with Gasteiger partial charge in [0.25, 0.3) is 0 Å². The van der Waals surface area contributed by atoms with E-state index in [1.165, 1.54) is 25.9 Å². The molecule has 0 amide bonds. The van der Waals surface area contributed by atoms with Gasteiger partial charge in [-0.15, -0.1) is 0 Å². The lowest BCUT2D eigenvalue weighted by atomic mass is 9.96. The van der Waals surface area contributed by atoms with Crippen LogP contribution in [0.1, 0.15) is 24.8 Å². The Morgan fingerprint density at radius 2 is 1.95 bits per heavy atom. The molecular formula is C29H36N4O4. The molecule has 3 heterocycles. The summed E-state index contributed by atoms with van der Waals surface area (Å²) >= 11 is 0. The van der Waals surface area contributed by atoms with Gasteiger partial charge in [0, 0.05) is 35.5 Å². The van der Waals surface area contributed by atoms with Crippen LogP contribution in [0, 0.1) is 5.92 Å². The molecule has 1 atom stereocenters. The summed E-state index contributed by atoms with van der Waals surface area (Å²) in [5.74, 6) is 2.46. The molecule has 1 aliphatic carbocycles. The van der Waals surface area contributed by atoms with Crippen molar-refractivity contribution in [3.05, 3.63) is 71.8 Å². The highest BCUT2D eigenvalue weighted by Gasteiger charge is 2.23. The Morgan fingerprint density at radius 3 is 2.81 bits per heavy atom. The molecule has 3 aliphatic rings. The molecule has 1 saturated heterocycles. The van der Waals surface area contributed by atoms with E-state index >= 15 is 0 Å². The van der Waals surface area contributed by atoms with Crippen LogP contribution < -0.4 is 10.1 Å². The van der Waals surface area contributed by atoms with Crippen molar-refractivity contribution in [1.29, 1.82) is 0 Å². The van der Waals surface area contributed by atoms with Crippen molar-refractivity contribution in [2.75, 3.05) is 58.5 Å². The fourth-order valence-corrected chi connectivity index (χ4v) is 4.88. The summed E-state index contributed by atoms with van der Waals surface area (Å²) in [6.45, 7) is 6.06. The van der Waals surface area contributed by atoms with Crippen LogP contribution in [0.5, 0.6) is 5.75 Å². The zero-order chi connectivity index (χ0) is 25.3. The summed E-state index contributed by atoms with van der Waals surface area (Å²) in [4.78, 5) is 11.7. The minimum atomic E-state index is 0.127. The molecule has 2 aliphatic heterocycles. The molecule has 5 rings (SSSR count). The third-order valence-electron chi connectivity index (χ3n) is 6.87. The van der Waals surface area contributed by atoms with Gasteiger partial charge in [-0.3, -0.25) is 4.90 Å². The predicted molar refractivity (Wildman–Crippen MR) is 143 cm³/mol. The molecular weight excluding hydrogens is 468 g/mol. The van der Waals surface area contributed by atoms with E-state index in [0.717, 1.165) is 47.0 Å². The van der Waals surface area contributed by atoms with E-state index < -0.39 is 0 Å². The third kappa shape index (κ3) is 6.97. The number of nitrogens with zero attached hydrogens (tertiary/aromatic N) is 3. The standard InChI is InChI=1S/C29H36N4O4/c1-34-27-8-6-22-18-23(27)20-35-15-4-5-16-36-21-24-19-25(31-29-30-11-10-26(22)32-29)7-9-28(24)37-17-14-33-12-2-3-13-33/h4-11,18,24H,2-3,12-17,19-21H2,1H3,(H,30,31,32)/b5-4+. The number of nitrogens with one attached hydrogen (secondary N) is 1. The van der Waals surface area contributed by atoms with Crippen LogP contribution in [0.4, 0.5) is 5.95 Å². The highest BCUT2D eigenvalue weighted by atomic mass is 16.5. The molecule has 0 radical (unpaired) electrons. The van der Waals surface area contributed by atoms with Crippen molar-refractivity contribution >= 4 is 5.95 Å². The fraction of sp³-hybridized carbons (Fsp3) is 0.448. The maximum atomic E-state index is 6.24. The number of allylic oxidation sites excluding steroid dienone is 3. The molecule has 1 aromatic carbocycles. The lowest BCUT2D eigenvalue weighted by Gasteiger charge is -2.26. The second-order valence-electron chi connectivity index (χ2n) is 9.50. The Labute approximate surface area is 219 Å². The Morgan fingerprint density at radius 1 is 1.08 bits per heavy atom. The minimum absolute atomic E-state index is 0.127. The van der Waals surface area contributed by atoms with Gasteiger partial charge in [0.05, 0.1) is 39.2 Å². The smallest absolute Gasteiger partial charge is 0.227 e. The molecule has 2 aromatic rings. The van der Waals surface area contributed by atoms with Gasteiger partial charge in [-0.05, 0) is 68.8 Å². The van der Waals surface area contributed by atoms with Crippen molar-refractivity contribution in [3.63, 3.8) is 0 Å². The van der Waals surface area contributed by atoms with E-state index in [1.807, 2.05) is 30.4 Å². The maximum absolute atomic E-state index is 6.24. The monoisotopic (exact) mass is 504 g/mol. The van der Waals surface area contributed by atoms with Crippen molar-refractivity contribution in [3.8, 4) is 17.0 Å². The maximum Gasteiger partial charge on any atom is 0.227 e. The fourth-order valence-electron chi connectivity index (χ4n) is 4.88. The van der Waals surface area contributed by atoms with Gasteiger partial charge in [0.15, 0.2) is 0 Å². The Balaban J connectivity index is 1.35. The molecule has 8 heteroatoms. The molecule has 1 unspecified atom stereocenters. The van der Waals surface area contributed by atoms with Gasteiger partial charge < -0.3 is 24.3 Å². The first kappa shape index (κ1) is 25.4. The first-order valence-electron chi connectivity index (χ1n) is 13.1. The third-order valence-corrected chi connectivity index (χ3v) is 6.87. The van der Waals surface area contributed by atoms with Gasteiger partial charge in [-0.1, -0.05) is 12.2 Å². The summed E-state index contributed by atoms with van der Waals surface area (Å²) < 4.78 is 23.7. The van der Waals surface area contributed by atoms with Crippen molar-refractivity contribution in [2.45, 2.75) is 25.9 Å². The number of hydrogen-bond acceptors (Lipinski definition) is 8. The molecule has 0 saturated carbocycles. The number of ether oxygens (including phenoxy) is 4. The molecule has 1 N–H and O–H groups in total. The zero-order valence-corrected chi connectivity index (χ0v) is 21.5. The van der Waals surface area contributed by atoms with Gasteiger partial charge in [-0.2, -0.15) is 0 Å². The minimum Gasteiger partial charge on any atom is -0.496 e. The lowest BCUT2D eigenvalue weighted by molar-refractivity contribution is 0.0865. The SMILES string of the molecule is COc1ccc2cc1COC/C=C/COCC1CC(=CC=C1OCCN1CCCC1)Nc1nccc-2n1. The lowest BCUT2D eigenvalue weighted by Crippen LogP contribution is -2.26. The normalized spacial score (nSPS) is 21.6. The predicted octanol–water partition coefficient (Wildman–Crippen LogP) is 4.57. The quantitative estimate of drug-likeness (QED) is 0.594. The summed E-state index contributed by atoms with van der Waals surface area (Å²) in [5.41, 5.74) is 3.83. The molecule has 0 spiro atoms. The molecule has 196 valence electrons. The average Bonchev–Trinajstić information content (AvgIpc) is 3.44. The van der Waals surface area contributed by atoms with Crippen molar-refractivity contribution in [2.24, 2.45) is 5.92 Å². The van der Waals surface area contributed by atoms with E-state index in [4.69, 9.17) is 23.9 Å². The van der Waals surface area contributed by atoms with E-state index in [-0.39, 0.29) is 5.92 Å². The van der Waals surface area contributed by atoms with Gasteiger partial charge in [-0.25, -0.2) is 9.97 Å². The Hall–Kier alpha value is -3.20. The van der Waals surface area contributed by atoms with Gasteiger partial charge in [0.2, 0.25) is 5.95 Å². The van der Waals surface area contributed by atoms with Crippen LogP contribution in [0.25, 0.3) is 11.3 Å². The van der Waals surface area contributed by atoms with E-state index in [2.05, 4.69) is 33.4 Å². The van der Waals surface area contributed by atoms with E-state index in [9.17, 15) is 0 Å². The van der Waals surface area contributed by atoms with Crippen molar-refractivity contribution < 1.29 is 18.9 Å². The van der Waals surface area contributed by atoms with Gasteiger partial charge in [0.1, 0.15) is 18.1 Å². The number of rotatable bonds is 5. The summed E-state index contributed by atoms with van der Waals surface area (Å²) in [6, 6.07) is 7.94. The van der Waals surface area contributed by atoms with Crippen LogP contribution in [0.2, 0.25) is 0 Å². The second kappa shape index (κ2) is 12.9. The first-order chi connectivity index (χ1) is 18.3. The number of fused-ring (bicyclic) bond motifs is 7.